The Hall–Kier alpha value is -2.32. The summed E-state index contributed by atoms with van der Waals surface area (Å²) >= 11 is 9.20. The van der Waals surface area contributed by atoms with E-state index in [1.54, 1.807) is 41.0 Å². The van der Waals surface area contributed by atoms with E-state index in [0.717, 1.165) is 0 Å². The Labute approximate surface area is 188 Å². The number of anilines is 1. The van der Waals surface area contributed by atoms with Crippen molar-refractivity contribution in [2.24, 2.45) is 0 Å². The molecule has 6 nitrogen and oxygen atoms in total. The molecule has 0 bridgehead atoms. The molecule has 2 aromatic carbocycles. The van der Waals surface area contributed by atoms with Gasteiger partial charge in [0, 0.05) is 36.9 Å². The molecule has 1 aliphatic heterocycles. The molecule has 1 atom stereocenters. The number of rotatable bonds is 4. The Kier molecular flexibility index (Phi) is 7.55. The third-order valence-corrected chi connectivity index (χ3v) is 5.57. The summed E-state index contributed by atoms with van der Waals surface area (Å²) in [5.74, 6) is -0.171. The van der Waals surface area contributed by atoms with E-state index in [-0.39, 0.29) is 11.9 Å². The number of ether oxygens (including phenoxy) is 1. The summed E-state index contributed by atoms with van der Waals surface area (Å²) in [4.78, 5) is 28.7. The Balaban J connectivity index is 1.55. The molecule has 1 heterocycles. The lowest BCUT2D eigenvalue weighted by Crippen LogP contribution is -2.43. The molecule has 3 rings (SSSR count). The standard InChI is InChI=1S/C21H22BrClFN3O3/c1-14(30-19-7-6-16(24)13-18(19)22)20(28)26-8-3-9-27(11-10-26)21(29)25-17-5-2-4-15(23)12-17/h2,4-7,12-14H,3,8-11H2,1H3,(H,25,29). The maximum Gasteiger partial charge on any atom is 0.321 e. The zero-order chi connectivity index (χ0) is 21.7. The molecule has 2 aromatic rings. The number of nitrogens with zero attached hydrogens (tertiary/aromatic N) is 2. The van der Waals surface area contributed by atoms with Gasteiger partial charge in [-0.1, -0.05) is 17.7 Å². The highest BCUT2D eigenvalue weighted by atomic mass is 79.9. The molecule has 30 heavy (non-hydrogen) atoms. The fourth-order valence-corrected chi connectivity index (χ4v) is 3.81. The lowest BCUT2D eigenvalue weighted by atomic mass is 10.3. The predicted octanol–water partition coefficient (Wildman–Crippen LogP) is 4.78. The van der Waals surface area contributed by atoms with Crippen LogP contribution in [0, 0.1) is 5.82 Å². The van der Waals surface area contributed by atoms with Crippen molar-refractivity contribution in [1.82, 2.24) is 9.80 Å². The summed E-state index contributed by atoms with van der Waals surface area (Å²) in [6.07, 6.45) is -0.0830. The molecule has 9 heteroatoms. The van der Waals surface area contributed by atoms with Gasteiger partial charge in [0.15, 0.2) is 6.10 Å². The first kappa shape index (κ1) is 22.4. The van der Waals surface area contributed by atoms with Crippen molar-refractivity contribution >= 4 is 45.2 Å². The van der Waals surface area contributed by atoms with E-state index >= 15 is 0 Å². The molecule has 160 valence electrons. The summed E-state index contributed by atoms with van der Waals surface area (Å²) in [5.41, 5.74) is 0.622. The van der Waals surface area contributed by atoms with E-state index < -0.39 is 11.9 Å². The Bertz CT molecular complexity index is 930. The number of carbonyl (C=O) groups excluding carboxylic acids is 2. The van der Waals surface area contributed by atoms with Crippen molar-refractivity contribution in [3.8, 4) is 5.75 Å². The topological polar surface area (TPSA) is 61.9 Å². The van der Waals surface area contributed by atoms with Crippen LogP contribution in [0.25, 0.3) is 0 Å². The molecule has 3 amide bonds. The van der Waals surface area contributed by atoms with Gasteiger partial charge in [0.1, 0.15) is 11.6 Å². The highest BCUT2D eigenvalue weighted by Gasteiger charge is 2.26. The van der Waals surface area contributed by atoms with Gasteiger partial charge >= 0.3 is 6.03 Å². The van der Waals surface area contributed by atoms with Gasteiger partial charge in [-0.2, -0.15) is 0 Å². The van der Waals surface area contributed by atoms with Crippen LogP contribution in [0.2, 0.25) is 5.02 Å². The second kappa shape index (κ2) is 10.1. The van der Waals surface area contributed by atoms with Crippen molar-refractivity contribution in [2.75, 3.05) is 31.5 Å². The molecule has 0 aromatic heterocycles. The van der Waals surface area contributed by atoms with Crippen LogP contribution in [0.3, 0.4) is 0 Å². The normalized spacial score (nSPS) is 15.3. The summed E-state index contributed by atoms with van der Waals surface area (Å²) in [7, 11) is 0. The summed E-state index contributed by atoms with van der Waals surface area (Å²) in [6.45, 7) is 3.53. The Morgan fingerprint density at radius 3 is 2.60 bits per heavy atom. The van der Waals surface area contributed by atoms with Crippen LogP contribution < -0.4 is 10.1 Å². The molecule has 0 radical (unpaired) electrons. The lowest BCUT2D eigenvalue weighted by Gasteiger charge is -2.25. The average molecular weight is 499 g/mol. The molecule has 0 spiro atoms. The third-order valence-electron chi connectivity index (χ3n) is 4.72. The number of hydrogen-bond donors (Lipinski definition) is 1. The van der Waals surface area contributed by atoms with Gasteiger partial charge in [-0.15, -0.1) is 0 Å². The van der Waals surface area contributed by atoms with Crippen molar-refractivity contribution in [2.45, 2.75) is 19.4 Å². The van der Waals surface area contributed by atoms with Gasteiger partial charge in [-0.05, 0) is 65.7 Å². The minimum atomic E-state index is -0.737. The minimum Gasteiger partial charge on any atom is -0.480 e. The number of nitrogens with one attached hydrogen (secondary N) is 1. The number of amides is 3. The number of halogens is 3. The van der Waals surface area contributed by atoms with Crippen LogP contribution in [0.15, 0.2) is 46.9 Å². The second-order valence-corrected chi connectivity index (χ2v) is 8.23. The third kappa shape index (κ3) is 5.86. The quantitative estimate of drug-likeness (QED) is 0.660. The zero-order valence-electron chi connectivity index (χ0n) is 16.4. The molecule has 0 saturated carbocycles. The van der Waals surface area contributed by atoms with Crippen molar-refractivity contribution < 1.29 is 18.7 Å². The average Bonchev–Trinajstić information content (AvgIpc) is 2.96. The number of hydrogen-bond acceptors (Lipinski definition) is 3. The fraction of sp³-hybridized carbons (Fsp3) is 0.333. The largest absolute Gasteiger partial charge is 0.480 e. The van der Waals surface area contributed by atoms with Crippen LogP contribution in [0.4, 0.5) is 14.9 Å². The van der Waals surface area contributed by atoms with Gasteiger partial charge in [-0.25, -0.2) is 9.18 Å². The van der Waals surface area contributed by atoms with Gasteiger partial charge in [0.2, 0.25) is 0 Å². The van der Waals surface area contributed by atoms with Gasteiger partial charge < -0.3 is 19.9 Å². The second-order valence-electron chi connectivity index (χ2n) is 6.94. The Morgan fingerprint density at radius 2 is 1.87 bits per heavy atom. The molecule has 0 aliphatic carbocycles. The van der Waals surface area contributed by atoms with E-state index in [2.05, 4.69) is 21.2 Å². The van der Waals surface area contributed by atoms with Crippen LogP contribution in [0.5, 0.6) is 5.75 Å². The maximum absolute atomic E-state index is 13.2. The van der Waals surface area contributed by atoms with E-state index in [9.17, 15) is 14.0 Å². The first-order valence-corrected chi connectivity index (χ1v) is 10.7. The zero-order valence-corrected chi connectivity index (χ0v) is 18.7. The van der Waals surface area contributed by atoms with Crippen molar-refractivity contribution in [3.63, 3.8) is 0 Å². The fourth-order valence-electron chi connectivity index (χ4n) is 3.18. The van der Waals surface area contributed by atoms with E-state index in [1.165, 1.54) is 18.2 Å². The maximum atomic E-state index is 13.2. The summed E-state index contributed by atoms with van der Waals surface area (Å²) < 4.78 is 19.4. The molecule has 1 fully saturated rings. The lowest BCUT2D eigenvalue weighted by molar-refractivity contribution is -0.137. The van der Waals surface area contributed by atoms with Gasteiger partial charge in [0.05, 0.1) is 4.47 Å². The first-order valence-electron chi connectivity index (χ1n) is 9.55. The monoisotopic (exact) mass is 497 g/mol. The van der Waals surface area contributed by atoms with Crippen LogP contribution in [-0.2, 0) is 4.79 Å². The first-order chi connectivity index (χ1) is 14.3. The predicted molar refractivity (Wildman–Crippen MR) is 117 cm³/mol. The number of carbonyl (C=O) groups is 2. The highest BCUT2D eigenvalue weighted by molar-refractivity contribution is 9.10. The molecule has 1 N–H and O–H groups in total. The summed E-state index contributed by atoms with van der Waals surface area (Å²) in [6, 6.07) is 10.8. The van der Waals surface area contributed by atoms with Crippen LogP contribution in [0.1, 0.15) is 13.3 Å². The van der Waals surface area contributed by atoms with E-state index in [0.29, 0.717) is 53.5 Å². The number of benzene rings is 2. The highest BCUT2D eigenvalue weighted by Crippen LogP contribution is 2.26. The number of urea groups is 1. The van der Waals surface area contributed by atoms with Gasteiger partial charge in [-0.3, -0.25) is 4.79 Å². The SMILES string of the molecule is CC(Oc1ccc(F)cc1Br)C(=O)N1CCCN(C(=O)Nc2cccc(Cl)c2)CC1. The van der Waals surface area contributed by atoms with E-state index in [1.807, 2.05) is 0 Å². The summed E-state index contributed by atoms with van der Waals surface area (Å²) in [5, 5.41) is 3.37. The van der Waals surface area contributed by atoms with E-state index in [4.69, 9.17) is 16.3 Å². The van der Waals surface area contributed by atoms with Crippen molar-refractivity contribution in [1.29, 1.82) is 0 Å². The van der Waals surface area contributed by atoms with Gasteiger partial charge in [0.25, 0.3) is 5.91 Å². The van der Waals surface area contributed by atoms with Crippen LogP contribution in [-0.4, -0.2) is 54.0 Å². The van der Waals surface area contributed by atoms with Crippen molar-refractivity contribution in [3.05, 3.63) is 57.8 Å². The Morgan fingerprint density at radius 1 is 1.13 bits per heavy atom. The smallest absolute Gasteiger partial charge is 0.321 e. The molecular weight excluding hydrogens is 477 g/mol. The molecular formula is C21H22BrClFN3O3. The molecule has 1 saturated heterocycles. The molecule has 1 aliphatic rings. The molecule has 1 unspecified atom stereocenters. The van der Waals surface area contributed by atoms with Crippen LogP contribution >= 0.6 is 27.5 Å². The minimum absolute atomic E-state index is 0.177.